The molecule has 1 aliphatic heterocycles. The molecule has 1 saturated heterocycles. The Morgan fingerprint density at radius 3 is 2.94 bits per heavy atom. The minimum atomic E-state index is 0.597. The quantitative estimate of drug-likeness (QED) is 0.759. The maximum atomic E-state index is 5.46. The van der Waals surface area contributed by atoms with E-state index in [1.165, 1.54) is 19.3 Å². The fourth-order valence-electron chi connectivity index (χ4n) is 3.16. The van der Waals surface area contributed by atoms with Crippen molar-refractivity contribution in [3.8, 4) is 0 Å². The highest BCUT2D eigenvalue weighted by molar-refractivity contribution is 5.09. The molecule has 0 aromatic carbocycles. The van der Waals surface area contributed by atoms with E-state index in [4.69, 9.17) is 4.74 Å². The van der Waals surface area contributed by atoms with Crippen LogP contribution in [0.15, 0.2) is 11.6 Å². The Morgan fingerprint density at radius 2 is 2.29 bits per heavy atom. The normalized spacial score (nSPS) is 35.7. The van der Waals surface area contributed by atoms with Crippen molar-refractivity contribution in [2.45, 2.75) is 46.1 Å². The van der Waals surface area contributed by atoms with Gasteiger partial charge < -0.3 is 10.1 Å². The second-order valence-corrected chi connectivity index (χ2v) is 5.93. The maximum absolute atomic E-state index is 5.46. The summed E-state index contributed by atoms with van der Waals surface area (Å²) >= 11 is 0. The van der Waals surface area contributed by atoms with Gasteiger partial charge in [0.25, 0.3) is 0 Å². The lowest BCUT2D eigenvalue weighted by atomic mass is 9.80. The SMILES string of the molecule is CC1=CCC[C@H](C)[C@@H]1CN[C@@H](C)[C@H]1CCOC1. The molecule has 2 heteroatoms. The molecule has 1 fully saturated rings. The summed E-state index contributed by atoms with van der Waals surface area (Å²) in [6.07, 6.45) is 6.28. The van der Waals surface area contributed by atoms with Crippen molar-refractivity contribution < 1.29 is 4.74 Å². The van der Waals surface area contributed by atoms with Gasteiger partial charge in [-0.05, 0) is 50.9 Å². The van der Waals surface area contributed by atoms with Gasteiger partial charge in [-0.15, -0.1) is 0 Å². The van der Waals surface area contributed by atoms with E-state index in [0.717, 1.165) is 37.5 Å². The standard InChI is InChI=1S/C15H27NO/c1-11-5-4-6-12(2)15(11)9-16-13(3)14-7-8-17-10-14/h5,12-16H,4,6-10H2,1-3H3/t12-,13-,14-,15+/m0/s1. The van der Waals surface area contributed by atoms with Crippen molar-refractivity contribution in [3.63, 3.8) is 0 Å². The smallest absolute Gasteiger partial charge is 0.0509 e. The third kappa shape index (κ3) is 3.32. The van der Waals surface area contributed by atoms with Crippen molar-refractivity contribution >= 4 is 0 Å². The Hall–Kier alpha value is -0.340. The molecule has 0 amide bonds. The lowest BCUT2D eigenvalue weighted by molar-refractivity contribution is 0.177. The lowest BCUT2D eigenvalue weighted by Crippen LogP contribution is -2.39. The van der Waals surface area contributed by atoms with E-state index in [2.05, 4.69) is 32.2 Å². The van der Waals surface area contributed by atoms with E-state index in [1.807, 2.05) is 0 Å². The summed E-state index contributed by atoms with van der Waals surface area (Å²) in [6.45, 7) is 10.0. The molecule has 2 rings (SSSR count). The van der Waals surface area contributed by atoms with Gasteiger partial charge in [-0.25, -0.2) is 0 Å². The van der Waals surface area contributed by atoms with Crippen LogP contribution in [-0.4, -0.2) is 25.8 Å². The maximum Gasteiger partial charge on any atom is 0.0509 e. The first-order valence-corrected chi connectivity index (χ1v) is 7.16. The summed E-state index contributed by atoms with van der Waals surface area (Å²) in [4.78, 5) is 0. The first kappa shape index (κ1) is 13.1. The molecule has 4 atom stereocenters. The molecule has 0 spiro atoms. The minimum Gasteiger partial charge on any atom is -0.381 e. The lowest BCUT2D eigenvalue weighted by Gasteiger charge is -2.31. The number of ether oxygens (including phenoxy) is 1. The first-order chi connectivity index (χ1) is 8.18. The van der Waals surface area contributed by atoms with Crippen LogP contribution in [0.25, 0.3) is 0 Å². The number of nitrogens with one attached hydrogen (secondary N) is 1. The van der Waals surface area contributed by atoms with Gasteiger partial charge in [-0.2, -0.15) is 0 Å². The fourth-order valence-corrected chi connectivity index (χ4v) is 3.16. The molecule has 2 aliphatic rings. The van der Waals surface area contributed by atoms with Gasteiger partial charge in [0.1, 0.15) is 0 Å². The first-order valence-electron chi connectivity index (χ1n) is 7.16. The van der Waals surface area contributed by atoms with Gasteiger partial charge in [-0.3, -0.25) is 0 Å². The zero-order valence-corrected chi connectivity index (χ0v) is 11.5. The van der Waals surface area contributed by atoms with Crippen LogP contribution in [0, 0.1) is 17.8 Å². The van der Waals surface area contributed by atoms with E-state index >= 15 is 0 Å². The molecular formula is C15H27NO. The molecule has 98 valence electrons. The van der Waals surface area contributed by atoms with Crippen molar-refractivity contribution in [3.05, 3.63) is 11.6 Å². The molecule has 1 aliphatic carbocycles. The van der Waals surface area contributed by atoms with Crippen LogP contribution < -0.4 is 5.32 Å². The predicted octanol–water partition coefficient (Wildman–Crippen LogP) is 2.99. The van der Waals surface area contributed by atoms with Crippen LogP contribution in [0.4, 0.5) is 0 Å². The molecule has 17 heavy (non-hydrogen) atoms. The van der Waals surface area contributed by atoms with Gasteiger partial charge in [0.05, 0.1) is 6.61 Å². The summed E-state index contributed by atoms with van der Waals surface area (Å²) in [5.74, 6) is 2.30. The molecule has 0 radical (unpaired) electrons. The highest BCUT2D eigenvalue weighted by atomic mass is 16.5. The monoisotopic (exact) mass is 237 g/mol. The highest BCUT2D eigenvalue weighted by Crippen LogP contribution is 2.29. The zero-order chi connectivity index (χ0) is 12.3. The summed E-state index contributed by atoms with van der Waals surface area (Å²) < 4.78 is 5.46. The van der Waals surface area contributed by atoms with E-state index in [1.54, 1.807) is 5.57 Å². The summed E-state index contributed by atoms with van der Waals surface area (Å²) in [7, 11) is 0. The van der Waals surface area contributed by atoms with Crippen LogP contribution in [0.2, 0.25) is 0 Å². The van der Waals surface area contributed by atoms with E-state index in [9.17, 15) is 0 Å². The third-order valence-electron chi connectivity index (χ3n) is 4.69. The van der Waals surface area contributed by atoms with Crippen LogP contribution in [-0.2, 0) is 4.74 Å². The van der Waals surface area contributed by atoms with Crippen molar-refractivity contribution in [2.24, 2.45) is 17.8 Å². The Balaban J connectivity index is 1.80. The number of allylic oxidation sites excluding steroid dienone is 1. The molecule has 0 bridgehead atoms. The summed E-state index contributed by atoms with van der Waals surface area (Å²) in [6, 6.07) is 0.597. The van der Waals surface area contributed by atoms with Crippen LogP contribution in [0.5, 0.6) is 0 Å². The second kappa shape index (κ2) is 6.01. The largest absolute Gasteiger partial charge is 0.381 e. The molecule has 0 aromatic heterocycles. The second-order valence-electron chi connectivity index (χ2n) is 5.93. The minimum absolute atomic E-state index is 0.597. The molecule has 1 N–H and O–H groups in total. The van der Waals surface area contributed by atoms with Gasteiger partial charge in [-0.1, -0.05) is 18.6 Å². The molecule has 0 aromatic rings. The summed E-state index contributed by atoms with van der Waals surface area (Å²) in [5.41, 5.74) is 1.59. The average molecular weight is 237 g/mol. The molecule has 2 nitrogen and oxygen atoms in total. The molecular weight excluding hydrogens is 210 g/mol. The highest BCUT2D eigenvalue weighted by Gasteiger charge is 2.25. The van der Waals surface area contributed by atoms with E-state index in [-0.39, 0.29) is 0 Å². The third-order valence-corrected chi connectivity index (χ3v) is 4.69. The Labute approximate surface area is 106 Å². The van der Waals surface area contributed by atoms with Crippen molar-refractivity contribution in [2.75, 3.05) is 19.8 Å². The van der Waals surface area contributed by atoms with Crippen molar-refractivity contribution in [1.82, 2.24) is 5.32 Å². The molecule has 0 unspecified atom stereocenters. The number of hydrogen-bond donors (Lipinski definition) is 1. The van der Waals surface area contributed by atoms with Gasteiger partial charge in [0, 0.05) is 19.2 Å². The van der Waals surface area contributed by atoms with E-state index in [0.29, 0.717) is 6.04 Å². The molecule has 0 saturated carbocycles. The van der Waals surface area contributed by atoms with Crippen LogP contribution >= 0.6 is 0 Å². The summed E-state index contributed by atoms with van der Waals surface area (Å²) in [5, 5.41) is 3.73. The average Bonchev–Trinajstić information content (AvgIpc) is 2.81. The Kier molecular flexibility index (Phi) is 4.63. The van der Waals surface area contributed by atoms with Gasteiger partial charge in [0.15, 0.2) is 0 Å². The number of rotatable bonds is 4. The van der Waals surface area contributed by atoms with Gasteiger partial charge >= 0.3 is 0 Å². The van der Waals surface area contributed by atoms with E-state index < -0.39 is 0 Å². The Bertz CT molecular complexity index is 268. The topological polar surface area (TPSA) is 21.3 Å². The number of hydrogen-bond acceptors (Lipinski definition) is 2. The molecule has 1 heterocycles. The predicted molar refractivity (Wildman–Crippen MR) is 72.0 cm³/mol. The zero-order valence-electron chi connectivity index (χ0n) is 11.5. The Morgan fingerprint density at radius 1 is 1.47 bits per heavy atom. The fraction of sp³-hybridized carbons (Fsp3) is 0.867. The van der Waals surface area contributed by atoms with Crippen LogP contribution in [0.1, 0.15) is 40.0 Å². The van der Waals surface area contributed by atoms with Crippen molar-refractivity contribution in [1.29, 1.82) is 0 Å². The van der Waals surface area contributed by atoms with Crippen LogP contribution in [0.3, 0.4) is 0 Å². The van der Waals surface area contributed by atoms with Gasteiger partial charge in [0.2, 0.25) is 0 Å².